The van der Waals surface area contributed by atoms with Gasteiger partial charge in [-0.15, -0.1) is 0 Å². The Morgan fingerprint density at radius 1 is 1.09 bits per heavy atom. The van der Waals surface area contributed by atoms with E-state index < -0.39 is 0 Å². The van der Waals surface area contributed by atoms with Crippen LogP contribution in [0.15, 0.2) is 53.6 Å². The van der Waals surface area contributed by atoms with Crippen LogP contribution in [-0.4, -0.2) is 32.0 Å². The summed E-state index contributed by atoms with van der Waals surface area (Å²) in [5.74, 6) is 0. The van der Waals surface area contributed by atoms with Gasteiger partial charge in [0, 0.05) is 18.8 Å². The van der Waals surface area contributed by atoms with Gasteiger partial charge in [-0.3, -0.25) is 5.43 Å². The molecule has 0 aliphatic carbocycles. The Kier molecular flexibility index (Phi) is 5.16. The highest BCUT2D eigenvalue weighted by Crippen LogP contribution is 2.21. The first-order chi connectivity index (χ1) is 11.2. The Hall–Kier alpha value is -2.04. The first-order valence-electron chi connectivity index (χ1n) is 7.72. The minimum Gasteiger partial charge on any atom is -0.378 e. The SMILES string of the molecule is C/C(=N/Nc1ccccc1Cl)c1ccc(N2CCOCC2)cc1. The molecule has 0 aromatic heterocycles. The molecule has 0 radical (unpaired) electrons. The highest BCUT2D eigenvalue weighted by Gasteiger charge is 2.11. The predicted octanol–water partition coefficient (Wildman–Crippen LogP) is 4.01. The van der Waals surface area contributed by atoms with Crippen molar-refractivity contribution in [2.24, 2.45) is 5.10 Å². The van der Waals surface area contributed by atoms with Gasteiger partial charge in [0.05, 0.1) is 29.6 Å². The lowest BCUT2D eigenvalue weighted by molar-refractivity contribution is 0.122. The van der Waals surface area contributed by atoms with Gasteiger partial charge in [0.15, 0.2) is 0 Å². The fourth-order valence-corrected chi connectivity index (χ4v) is 2.67. The van der Waals surface area contributed by atoms with Gasteiger partial charge in [0.25, 0.3) is 0 Å². The number of hydrogen-bond donors (Lipinski definition) is 1. The highest BCUT2D eigenvalue weighted by atomic mass is 35.5. The largest absolute Gasteiger partial charge is 0.378 e. The van der Waals surface area contributed by atoms with Crippen molar-refractivity contribution >= 4 is 28.7 Å². The van der Waals surface area contributed by atoms with E-state index in [0.717, 1.165) is 43.3 Å². The van der Waals surface area contributed by atoms with E-state index in [1.54, 1.807) is 0 Å². The van der Waals surface area contributed by atoms with Crippen LogP contribution in [0.4, 0.5) is 11.4 Å². The maximum absolute atomic E-state index is 6.11. The van der Waals surface area contributed by atoms with Gasteiger partial charge >= 0.3 is 0 Å². The Morgan fingerprint density at radius 2 is 1.78 bits per heavy atom. The second-order valence-corrected chi connectivity index (χ2v) is 5.84. The van der Waals surface area contributed by atoms with E-state index in [-0.39, 0.29) is 0 Å². The number of nitrogens with zero attached hydrogens (tertiary/aromatic N) is 2. The molecule has 5 heteroatoms. The Balaban J connectivity index is 1.68. The van der Waals surface area contributed by atoms with E-state index in [4.69, 9.17) is 16.3 Å². The van der Waals surface area contributed by atoms with E-state index in [1.165, 1.54) is 5.69 Å². The smallest absolute Gasteiger partial charge is 0.0748 e. The van der Waals surface area contributed by atoms with E-state index >= 15 is 0 Å². The number of rotatable bonds is 4. The second-order valence-electron chi connectivity index (χ2n) is 5.44. The fourth-order valence-electron chi connectivity index (χ4n) is 2.50. The van der Waals surface area contributed by atoms with Gasteiger partial charge in [0.1, 0.15) is 0 Å². The van der Waals surface area contributed by atoms with E-state index in [0.29, 0.717) is 5.02 Å². The van der Waals surface area contributed by atoms with Crippen molar-refractivity contribution in [1.29, 1.82) is 0 Å². The van der Waals surface area contributed by atoms with Gasteiger partial charge in [-0.25, -0.2) is 0 Å². The summed E-state index contributed by atoms with van der Waals surface area (Å²) in [7, 11) is 0. The zero-order chi connectivity index (χ0) is 16.1. The summed E-state index contributed by atoms with van der Waals surface area (Å²) in [6.45, 7) is 5.46. The molecule has 1 N–H and O–H groups in total. The van der Waals surface area contributed by atoms with Crippen LogP contribution in [0.2, 0.25) is 5.02 Å². The van der Waals surface area contributed by atoms with Crippen molar-refractivity contribution in [3.63, 3.8) is 0 Å². The summed E-state index contributed by atoms with van der Waals surface area (Å²) in [6.07, 6.45) is 0. The Bertz CT molecular complexity index is 679. The maximum Gasteiger partial charge on any atom is 0.0748 e. The predicted molar refractivity (Wildman–Crippen MR) is 96.8 cm³/mol. The number of anilines is 2. The number of para-hydroxylation sites is 1. The highest BCUT2D eigenvalue weighted by molar-refractivity contribution is 6.33. The van der Waals surface area contributed by atoms with Crippen LogP contribution in [0.5, 0.6) is 0 Å². The molecule has 0 amide bonds. The van der Waals surface area contributed by atoms with Gasteiger partial charge in [-0.05, 0) is 36.8 Å². The number of hydrazone groups is 1. The molecule has 0 unspecified atom stereocenters. The molecule has 0 saturated carbocycles. The number of morpholine rings is 1. The van der Waals surface area contributed by atoms with Crippen molar-refractivity contribution in [3.05, 3.63) is 59.1 Å². The van der Waals surface area contributed by atoms with Crippen LogP contribution < -0.4 is 10.3 Å². The van der Waals surface area contributed by atoms with Crippen molar-refractivity contribution in [2.75, 3.05) is 36.6 Å². The standard InChI is InChI=1S/C18H20ClN3O/c1-14(20-21-18-5-3-2-4-17(18)19)15-6-8-16(9-7-15)22-10-12-23-13-11-22/h2-9,21H,10-13H2,1H3/b20-14-. The lowest BCUT2D eigenvalue weighted by atomic mass is 10.1. The molecule has 2 aromatic carbocycles. The number of benzene rings is 2. The van der Waals surface area contributed by atoms with Crippen LogP contribution in [-0.2, 0) is 4.74 Å². The van der Waals surface area contributed by atoms with Crippen molar-refractivity contribution in [1.82, 2.24) is 0 Å². The summed E-state index contributed by atoms with van der Waals surface area (Å²) in [5, 5.41) is 5.08. The number of ether oxygens (including phenoxy) is 1. The second kappa shape index (κ2) is 7.49. The minimum absolute atomic E-state index is 0.659. The molecule has 2 aromatic rings. The van der Waals surface area contributed by atoms with Crippen molar-refractivity contribution < 1.29 is 4.74 Å². The molecule has 4 nitrogen and oxygen atoms in total. The minimum atomic E-state index is 0.659. The topological polar surface area (TPSA) is 36.9 Å². The summed E-state index contributed by atoms with van der Waals surface area (Å²) in [6, 6.07) is 16.0. The third-order valence-corrected chi connectivity index (χ3v) is 4.21. The molecule has 3 rings (SSSR count). The molecule has 0 spiro atoms. The average molecular weight is 330 g/mol. The first kappa shape index (κ1) is 15.8. The molecule has 1 aliphatic heterocycles. The zero-order valence-electron chi connectivity index (χ0n) is 13.1. The number of nitrogens with one attached hydrogen (secondary N) is 1. The summed E-state index contributed by atoms with van der Waals surface area (Å²) >= 11 is 6.11. The quantitative estimate of drug-likeness (QED) is 0.680. The molecule has 120 valence electrons. The number of hydrogen-bond acceptors (Lipinski definition) is 4. The van der Waals surface area contributed by atoms with Crippen LogP contribution in [0.3, 0.4) is 0 Å². The lowest BCUT2D eigenvalue weighted by Crippen LogP contribution is -2.36. The normalized spacial score (nSPS) is 15.6. The first-order valence-corrected chi connectivity index (χ1v) is 8.10. The average Bonchev–Trinajstić information content (AvgIpc) is 2.62. The molecule has 0 atom stereocenters. The summed E-state index contributed by atoms with van der Waals surface area (Å²) < 4.78 is 5.39. The van der Waals surface area contributed by atoms with E-state index in [1.807, 2.05) is 31.2 Å². The third kappa shape index (κ3) is 4.03. The maximum atomic E-state index is 6.11. The van der Waals surface area contributed by atoms with Crippen LogP contribution >= 0.6 is 11.6 Å². The fraction of sp³-hybridized carbons (Fsp3) is 0.278. The van der Waals surface area contributed by atoms with E-state index in [9.17, 15) is 0 Å². The van der Waals surface area contributed by atoms with Crippen LogP contribution in [0, 0.1) is 0 Å². The molecule has 1 fully saturated rings. The van der Waals surface area contributed by atoms with Gasteiger partial charge < -0.3 is 9.64 Å². The molecular weight excluding hydrogens is 310 g/mol. The van der Waals surface area contributed by atoms with Gasteiger partial charge in [0.2, 0.25) is 0 Å². The van der Waals surface area contributed by atoms with Gasteiger partial charge in [-0.1, -0.05) is 35.9 Å². The van der Waals surface area contributed by atoms with Crippen molar-refractivity contribution in [3.8, 4) is 0 Å². The monoisotopic (exact) mass is 329 g/mol. The van der Waals surface area contributed by atoms with Crippen LogP contribution in [0.1, 0.15) is 12.5 Å². The molecule has 0 bridgehead atoms. The molecule has 1 aliphatic rings. The molecule has 1 heterocycles. The van der Waals surface area contributed by atoms with Crippen molar-refractivity contribution in [2.45, 2.75) is 6.92 Å². The van der Waals surface area contributed by atoms with Gasteiger partial charge in [-0.2, -0.15) is 5.10 Å². The van der Waals surface area contributed by atoms with Crippen LogP contribution in [0.25, 0.3) is 0 Å². The summed E-state index contributed by atoms with van der Waals surface area (Å²) in [5.41, 5.74) is 7.05. The van der Waals surface area contributed by atoms with E-state index in [2.05, 4.69) is 39.7 Å². The molecule has 1 saturated heterocycles. The summed E-state index contributed by atoms with van der Waals surface area (Å²) in [4.78, 5) is 2.34. The Morgan fingerprint density at radius 3 is 2.48 bits per heavy atom. The number of halogens is 1. The zero-order valence-corrected chi connectivity index (χ0v) is 13.9. The molecular formula is C18H20ClN3O. The molecule has 23 heavy (non-hydrogen) atoms. The third-order valence-electron chi connectivity index (χ3n) is 3.88. The Labute approximate surface area is 141 Å². The lowest BCUT2D eigenvalue weighted by Gasteiger charge is -2.28.